The van der Waals surface area contributed by atoms with E-state index in [0.29, 0.717) is 13.0 Å². The molecule has 2 aromatic carbocycles. The smallest absolute Gasteiger partial charge is 0.407 e. The highest BCUT2D eigenvalue weighted by molar-refractivity contribution is 6.99. The summed E-state index contributed by atoms with van der Waals surface area (Å²) in [5, 5.41) is 21.5. The van der Waals surface area contributed by atoms with Gasteiger partial charge in [-0.25, -0.2) is 4.79 Å². The molecule has 152 valence electrons. The number of nitrogens with zero attached hydrogens (tertiary/aromatic N) is 1. The Kier molecular flexibility index (Phi) is 7.40. The average molecular weight is 402 g/mol. The lowest BCUT2D eigenvalue weighted by molar-refractivity contribution is 0.0911. The Morgan fingerprint density at radius 2 is 1.50 bits per heavy atom. The summed E-state index contributed by atoms with van der Waals surface area (Å²) in [4.78, 5) is 12.1. The zero-order chi connectivity index (χ0) is 20.8. The molecule has 2 N–H and O–H groups in total. The standard InChI is InChI=1S/C22H31NO4Si/c1-22(2,3)28(19-11-7-5-8-12-19,20-13-9-6-10-14-20)27-16-15-18(24)17-23(4)21(25)26/h5-14,18,24H,15-17H2,1-4H3,(H,25,26). The molecule has 0 aliphatic carbocycles. The summed E-state index contributed by atoms with van der Waals surface area (Å²) >= 11 is 0. The van der Waals surface area contributed by atoms with Crippen molar-refractivity contribution in [2.45, 2.75) is 38.3 Å². The van der Waals surface area contributed by atoms with Gasteiger partial charge in [0.2, 0.25) is 0 Å². The van der Waals surface area contributed by atoms with Gasteiger partial charge in [0.15, 0.2) is 0 Å². The van der Waals surface area contributed by atoms with Gasteiger partial charge in [-0.1, -0.05) is 81.4 Å². The molecule has 0 saturated carbocycles. The van der Waals surface area contributed by atoms with Crippen molar-refractivity contribution in [2.75, 3.05) is 20.2 Å². The summed E-state index contributed by atoms with van der Waals surface area (Å²) < 4.78 is 6.69. The number of aliphatic hydroxyl groups is 1. The third kappa shape index (κ3) is 5.01. The van der Waals surface area contributed by atoms with E-state index in [1.165, 1.54) is 17.4 Å². The van der Waals surface area contributed by atoms with Gasteiger partial charge in [-0.15, -0.1) is 0 Å². The maximum Gasteiger partial charge on any atom is 0.407 e. The molecule has 28 heavy (non-hydrogen) atoms. The molecule has 1 unspecified atom stereocenters. The molecule has 6 heteroatoms. The van der Waals surface area contributed by atoms with Crippen molar-refractivity contribution in [3.63, 3.8) is 0 Å². The molecule has 5 nitrogen and oxygen atoms in total. The Hall–Kier alpha value is -2.15. The van der Waals surface area contributed by atoms with Crippen molar-refractivity contribution in [3.05, 3.63) is 60.7 Å². The second kappa shape index (κ2) is 9.36. The molecule has 2 aromatic rings. The molecule has 0 radical (unpaired) electrons. The molecule has 2 rings (SSSR count). The third-order valence-electron chi connectivity index (χ3n) is 5.00. The average Bonchev–Trinajstić information content (AvgIpc) is 2.65. The maximum atomic E-state index is 11.0. The van der Waals surface area contributed by atoms with E-state index in [0.717, 1.165) is 4.90 Å². The van der Waals surface area contributed by atoms with E-state index in [-0.39, 0.29) is 11.6 Å². The first-order valence-corrected chi connectivity index (χ1v) is 11.5. The number of benzene rings is 2. The summed E-state index contributed by atoms with van der Waals surface area (Å²) in [6.07, 6.45) is -1.44. The van der Waals surface area contributed by atoms with Crippen molar-refractivity contribution in [1.29, 1.82) is 0 Å². The zero-order valence-electron chi connectivity index (χ0n) is 17.1. The van der Waals surface area contributed by atoms with Crippen molar-refractivity contribution in [3.8, 4) is 0 Å². The van der Waals surface area contributed by atoms with Crippen LogP contribution in [0.1, 0.15) is 27.2 Å². The van der Waals surface area contributed by atoms with Gasteiger partial charge in [0.05, 0.1) is 6.10 Å². The largest absolute Gasteiger partial charge is 0.465 e. The van der Waals surface area contributed by atoms with E-state index in [4.69, 9.17) is 9.53 Å². The maximum absolute atomic E-state index is 11.0. The van der Waals surface area contributed by atoms with Crippen LogP contribution in [0.5, 0.6) is 0 Å². The normalized spacial score (nSPS) is 13.2. The first kappa shape index (κ1) is 22.1. The number of rotatable bonds is 8. The quantitative estimate of drug-likeness (QED) is 0.667. The third-order valence-corrected chi connectivity index (χ3v) is 10.0. The van der Waals surface area contributed by atoms with E-state index < -0.39 is 20.5 Å². The molecule has 0 fully saturated rings. The minimum absolute atomic E-state index is 0.0689. The molecule has 0 bridgehead atoms. The highest BCUT2D eigenvalue weighted by Gasteiger charge is 2.50. The van der Waals surface area contributed by atoms with Crippen LogP contribution in [0, 0.1) is 0 Å². The lowest BCUT2D eigenvalue weighted by Gasteiger charge is -2.43. The Morgan fingerprint density at radius 3 is 1.89 bits per heavy atom. The van der Waals surface area contributed by atoms with Gasteiger partial charge in [0, 0.05) is 20.2 Å². The van der Waals surface area contributed by atoms with E-state index in [9.17, 15) is 9.90 Å². The Morgan fingerprint density at radius 1 is 1.04 bits per heavy atom. The fraction of sp³-hybridized carbons (Fsp3) is 0.409. The topological polar surface area (TPSA) is 70.0 Å². The molecule has 0 spiro atoms. The number of amides is 1. The highest BCUT2D eigenvalue weighted by atomic mass is 28.4. The van der Waals surface area contributed by atoms with Crippen LogP contribution in [-0.4, -0.2) is 55.8 Å². The van der Waals surface area contributed by atoms with Crippen LogP contribution in [0.15, 0.2) is 60.7 Å². The predicted molar refractivity (Wildman–Crippen MR) is 115 cm³/mol. The van der Waals surface area contributed by atoms with E-state index in [2.05, 4.69) is 45.0 Å². The fourth-order valence-corrected chi connectivity index (χ4v) is 8.17. The second-order valence-electron chi connectivity index (χ2n) is 8.12. The highest BCUT2D eigenvalue weighted by Crippen LogP contribution is 2.36. The van der Waals surface area contributed by atoms with Crippen LogP contribution >= 0.6 is 0 Å². The summed E-state index contributed by atoms with van der Waals surface area (Å²) in [7, 11) is -1.17. The Bertz CT molecular complexity index is 707. The van der Waals surface area contributed by atoms with Crippen LogP contribution in [0.2, 0.25) is 5.04 Å². The van der Waals surface area contributed by atoms with Gasteiger partial charge in [0.25, 0.3) is 8.32 Å². The number of carbonyl (C=O) groups is 1. The SMILES string of the molecule is CN(CC(O)CCO[Si](c1ccccc1)(c1ccccc1)C(C)(C)C)C(=O)O. The van der Waals surface area contributed by atoms with Crippen molar-refractivity contribution >= 4 is 24.8 Å². The fourth-order valence-electron chi connectivity index (χ4n) is 3.60. The van der Waals surface area contributed by atoms with Gasteiger partial charge >= 0.3 is 6.09 Å². The van der Waals surface area contributed by atoms with Gasteiger partial charge in [-0.3, -0.25) is 0 Å². The monoisotopic (exact) mass is 401 g/mol. The van der Waals surface area contributed by atoms with Crippen molar-refractivity contribution in [1.82, 2.24) is 4.90 Å². The van der Waals surface area contributed by atoms with Crippen LogP contribution in [0.4, 0.5) is 4.79 Å². The summed E-state index contributed by atoms with van der Waals surface area (Å²) in [5.74, 6) is 0. The predicted octanol–water partition coefficient (Wildman–Crippen LogP) is 2.92. The number of likely N-dealkylation sites (N-methyl/N-ethyl adjacent to an activating group) is 1. The Labute approximate surface area is 168 Å². The molecule has 1 amide bonds. The van der Waals surface area contributed by atoms with Gasteiger partial charge in [-0.2, -0.15) is 0 Å². The van der Waals surface area contributed by atoms with Crippen molar-refractivity contribution < 1.29 is 19.4 Å². The minimum atomic E-state index is -2.62. The molecule has 0 aliphatic rings. The lowest BCUT2D eigenvalue weighted by Crippen LogP contribution is -2.66. The zero-order valence-corrected chi connectivity index (χ0v) is 18.1. The number of aliphatic hydroxyl groups excluding tert-OH is 1. The van der Waals surface area contributed by atoms with Crippen LogP contribution in [-0.2, 0) is 4.43 Å². The van der Waals surface area contributed by atoms with Crippen molar-refractivity contribution in [2.24, 2.45) is 0 Å². The van der Waals surface area contributed by atoms with Gasteiger partial charge < -0.3 is 19.5 Å². The first-order chi connectivity index (χ1) is 13.2. The molecule has 0 saturated heterocycles. The van der Waals surface area contributed by atoms with Crippen LogP contribution in [0.3, 0.4) is 0 Å². The first-order valence-electron chi connectivity index (χ1n) is 9.55. The lowest BCUT2D eigenvalue weighted by atomic mass is 10.2. The van der Waals surface area contributed by atoms with E-state index in [1.807, 2.05) is 36.4 Å². The van der Waals surface area contributed by atoms with Gasteiger partial charge in [-0.05, 0) is 21.8 Å². The molecule has 0 heterocycles. The number of carboxylic acid groups (broad SMARTS) is 1. The molecule has 0 aromatic heterocycles. The summed E-state index contributed by atoms with van der Waals surface area (Å²) in [5.41, 5.74) is 0. The van der Waals surface area contributed by atoms with E-state index in [1.54, 1.807) is 0 Å². The Balaban J connectivity index is 2.30. The molecule has 0 aliphatic heterocycles. The minimum Gasteiger partial charge on any atom is -0.465 e. The summed E-state index contributed by atoms with van der Waals surface area (Å²) in [6, 6.07) is 20.6. The van der Waals surface area contributed by atoms with E-state index >= 15 is 0 Å². The molecular weight excluding hydrogens is 370 g/mol. The van der Waals surface area contributed by atoms with Crippen LogP contribution in [0.25, 0.3) is 0 Å². The van der Waals surface area contributed by atoms with Gasteiger partial charge in [0.1, 0.15) is 0 Å². The van der Waals surface area contributed by atoms with Crippen LogP contribution < -0.4 is 10.4 Å². The summed E-state index contributed by atoms with van der Waals surface area (Å²) in [6.45, 7) is 7.04. The molecular formula is C22H31NO4Si. The number of hydrogen-bond donors (Lipinski definition) is 2. The molecule has 1 atom stereocenters. The second-order valence-corrected chi connectivity index (χ2v) is 12.4. The number of hydrogen-bond acceptors (Lipinski definition) is 3.